The van der Waals surface area contributed by atoms with Crippen LogP contribution in [0.4, 0.5) is 15.9 Å². The number of aromatic carboxylic acids is 1. The lowest BCUT2D eigenvalue weighted by Crippen LogP contribution is -2.04. The van der Waals surface area contributed by atoms with E-state index in [9.17, 15) is 9.18 Å². The predicted molar refractivity (Wildman–Crippen MR) is 63.7 cm³/mol. The molecule has 0 unspecified atom stereocenters. The Labute approximate surface area is 106 Å². The number of carbonyl (C=O) groups is 1. The van der Waals surface area contributed by atoms with E-state index in [2.05, 4.69) is 15.5 Å². The fourth-order valence-corrected chi connectivity index (χ4v) is 1.46. The SMILES string of the molecule is O=C(O)c1cc(Nc2ccccc2F)nnc1Cl. The maximum absolute atomic E-state index is 13.4. The van der Waals surface area contributed by atoms with Crippen LogP contribution in [-0.2, 0) is 0 Å². The first-order chi connectivity index (χ1) is 8.58. The van der Waals surface area contributed by atoms with E-state index in [-0.39, 0.29) is 22.2 Å². The first kappa shape index (κ1) is 12.3. The molecule has 0 radical (unpaired) electrons. The van der Waals surface area contributed by atoms with Gasteiger partial charge in [-0.25, -0.2) is 9.18 Å². The predicted octanol–water partition coefficient (Wildman–Crippen LogP) is 2.71. The van der Waals surface area contributed by atoms with Crippen LogP contribution < -0.4 is 5.32 Å². The number of benzene rings is 1. The highest BCUT2D eigenvalue weighted by Crippen LogP contribution is 2.20. The van der Waals surface area contributed by atoms with Crippen LogP contribution in [0, 0.1) is 5.82 Å². The number of hydrogen-bond acceptors (Lipinski definition) is 4. The summed E-state index contributed by atoms with van der Waals surface area (Å²) < 4.78 is 13.4. The number of rotatable bonds is 3. The third kappa shape index (κ3) is 2.54. The zero-order valence-corrected chi connectivity index (χ0v) is 9.65. The van der Waals surface area contributed by atoms with Gasteiger partial charge in [-0.2, -0.15) is 0 Å². The Bertz CT molecular complexity index is 607. The molecule has 2 rings (SSSR count). The van der Waals surface area contributed by atoms with Gasteiger partial charge in [0.1, 0.15) is 11.4 Å². The maximum atomic E-state index is 13.4. The number of nitrogens with one attached hydrogen (secondary N) is 1. The summed E-state index contributed by atoms with van der Waals surface area (Å²) in [6, 6.07) is 7.11. The molecule has 1 aromatic carbocycles. The molecule has 0 saturated heterocycles. The summed E-state index contributed by atoms with van der Waals surface area (Å²) in [6.07, 6.45) is 0. The minimum absolute atomic E-state index is 0.0990. The summed E-state index contributed by atoms with van der Waals surface area (Å²) in [5.74, 6) is -1.61. The van der Waals surface area contributed by atoms with Crippen LogP contribution >= 0.6 is 11.6 Å². The molecule has 2 N–H and O–H groups in total. The molecule has 0 bridgehead atoms. The van der Waals surface area contributed by atoms with E-state index in [0.717, 1.165) is 0 Å². The second kappa shape index (κ2) is 4.97. The van der Waals surface area contributed by atoms with Crippen LogP contribution in [0.5, 0.6) is 0 Å². The summed E-state index contributed by atoms with van der Waals surface area (Å²) in [5.41, 5.74) is -0.0315. The number of aromatic nitrogens is 2. The van der Waals surface area contributed by atoms with E-state index in [0.29, 0.717) is 0 Å². The molecule has 0 atom stereocenters. The Morgan fingerprint density at radius 3 is 2.72 bits per heavy atom. The molecule has 0 aliphatic rings. The average Bonchev–Trinajstić information content (AvgIpc) is 2.34. The quantitative estimate of drug-likeness (QED) is 0.894. The molecule has 0 aliphatic heterocycles. The number of carboxylic acid groups (broad SMARTS) is 1. The third-order valence-corrected chi connectivity index (χ3v) is 2.40. The van der Waals surface area contributed by atoms with Gasteiger partial charge in [0.2, 0.25) is 0 Å². The number of carboxylic acids is 1. The van der Waals surface area contributed by atoms with Crippen LogP contribution in [0.1, 0.15) is 10.4 Å². The second-order valence-electron chi connectivity index (χ2n) is 3.34. The number of hydrogen-bond donors (Lipinski definition) is 2. The van der Waals surface area contributed by atoms with Gasteiger partial charge in [-0.3, -0.25) is 0 Å². The minimum Gasteiger partial charge on any atom is -0.478 e. The highest BCUT2D eigenvalue weighted by Gasteiger charge is 2.12. The van der Waals surface area contributed by atoms with E-state index in [1.54, 1.807) is 6.07 Å². The number of nitrogens with zero attached hydrogens (tertiary/aromatic N) is 2. The topological polar surface area (TPSA) is 75.1 Å². The lowest BCUT2D eigenvalue weighted by Gasteiger charge is -2.06. The standard InChI is InChI=1S/C11H7ClFN3O2/c12-10-6(11(17)18)5-9(15-16-10)14-8-4-2-1-3-7(8)13/h1-5H,(H,14,15)(H,17,18). The minimum atomic E-state index is -1.23. The third-order valence-electron chi connectivity index (χ3n) is 2.12. The first-order valence-corrected chi connectivity index (χ1v) is 5.24. The Morgan fingerprint density at radius 1 is 1.33 bits per heavy atom. The van der Waals surface area contributed by atoms with Crippen molar-refractivity contribution in [2.45, 2.75) is 0 Å². The summed E-state index contributed by atoms with van der Waals surface area (Å²) in [6.45, 7) is 0. The smallest absolute Gasteiger partial charge is 0.339 e. The van der Waals surface area contributed by atoms with Crippen LogP contribution in [0.2, 0.25) is 5.15 Å². The molecule has 7 heteroatoms. The van der Waals surface area contributed by atoms with Crippen LogP contribution in [0.25, 0.3) is 0 Å². The largest absolute Gasteiger partial charge is 0.478 e. The Balaban J connectivity index is 2.33. The normalized spacial score (nSPS) is 10.1. The van der Waals surface area contributed by atoms with Gasteiger partial charge in [-0.1, -0.05) is 23.7 Å². The fourth-order valence-electron chi connectivity index (χ4n) is 1.29. The van der Waals surface area contributed by atoms with Crippen LogP contribution in [0.15, 0.2) is 30.3 Å². The van der Waals surface area contributed by atoms with Crippen molar-refractivity contribution in [3.05, 3.63) is 46.9 Å². The molecule has 92 valence electrons. The number of para-hydroxylation sites is 1. The summed E-state index contributed by atoms with van der Waals surface area (Å²) in [7, 11) is 0. The van der Waals surface area contributed by atoms with Gasteiger partial charge in [-0.15, -0.1) is 10.2 Å². The van der Waals surface area contributed by atoms with Gasteiger partial charge < -0.3 is 10.4 Å². The van der Waals surface area contributed by atoms with Crippen molar-refractivity contribution >= 4 is 29.1 Å². The van der Waals surface area contributed by atoms with Crippen molar-refractivity contribution in [1.82, 2.24) is 10.2 Å². The van der Waals surface area contributed by atoms with E-state index in [4.69, 9.17) is 16.7 Å². The molecule has 18 heavy (non-hydrogen) atoms. The zero-order valence-electron chi connectivity index (χ0n) is 8.89. The zero-order chi connectivity index (χ0) is 13.1. The first-order valence-electron chi connectivity index (χ1n) is 4.86. The van der Waals surface area contributed by atoms with Crippen molar-refractivity contribution in [3.8, 4) is 0 Å². The monoisotopic (exact) mass is 267 g/mol. The van der Waals surface area contributed by atoms with Crippen molar-refractivity contribution in [2.24, 2.45) is 0 Å². The molecule has 0 amide bonds. The highest BCUT2D eigenvalue weighted by atomic mass is 35.5. The van der Waals surface area contributed by atoms with Crippen molar-refractivity contribution in [2.75, 3.05) is 5.32 Å². The molecule has 0 saturated carbocycles. The Kier molecular flexibility index (Phi) is 3.38. The second-order valence-corrected chi connectivity index (χ2v) is 3.70. The van der Waals surface area contributed by atoms with E-state index >= 15 is 0 Å². The van der Waals surface area contributed by atoms with Crippen molar-refractivity contribution < 1.29 is 14.3 Å². The lowest BCUT2D eigenvalue weighted by atomic mass is 10.3. The summed E-state index contributed by atoms with van der Waals surface area (Å²) in [4.78, 5) is 10.8. The molecule has 1 aromatic heterocycles. The molecular weight excluding hydrogens is 261 g/mol. The Morgan fingerprint density at radius 2 is 2.06 bits per heavy atom. The van der Waals surface area contributed by atoms with E-state index < -0.39 is 11.8 Å². The van der Waals surface area contributed by atoms with Crippen molar-refractivity contribution in [3.63, 3.8) is 0 Å². The van der Waals surface area contributed by atoms with E-state index in [1.165, 1.54) is 24.3 Å². The maximum Gasteiger partial charge on any atom is 0.339 e. The van der Waals surface area contributed by atoms with Gasteiger partial charge >= 0.3 is 5.97 Å². The highest BCUT2D eigenvalue weighted by molar-refractivity contribution is 6.32. The number of anilines is 2. The molecular formula is C11H7ClFN3O2. The molecule has 0 spiro atoms. The van der Waals surface area contributed by atoms with E-state index in [1.807, 2.05) is 0 Å². The molecule has 0 aliphatic carbocycles. The van der Waals surface area contributed by atoms with Crippen LogP contribution in [-0.4, -0.2) is 21.3 Å². The summed E-state index contributed by atoms with van der Waals surface area (Å²) >= 11 is 5.57. The molecule has 2 aromatic rings. The molecule has 0 fully saturated rings. The molecule has 5 nitrogen and oxygen atoms in total. The van der Waals surface area contributed by atoms with Crippen molar-refractivity contribution in [1.29, 1.82) is 0 Å². The Hall–Kier alpha value is -2.21. The number of halogens is 2. The van der Waals surface area contributed by atoms with Gasteiger partial charge in [-0.05, 0) is 12.1 Å². The molecule has 1 heterocycles. The van der Waals surface area contributed by atoms with Crippen LogP contribution in [0.3, 0.4) is 0 Å². The fraction of sp³-hybridized carbons (Fsp3) is 0. The summed E-state index contributed by atoms with van der Waals surface area (Å²) in [5, 5.41) is 18.4. The van der Waals surface area contributed by atoms with Gasteiger partial charge in [0.05, 0.1) is 5.69 Å². The lowest BCUT2D eigenvalue weighted by molar-refractivity contribution is 0.0696. The van der Waals surface area contributed by atoms with Gasteiger partial charge in [0, 0.05) is 6.07 Å². The van der Waals surface area contributed by atoms with Gasteiger partial charge in [0.15, 0.2) is 11.0 Å². The average molecular weight is 268 g/mol. The van der Waals surface area contributed by atoms with Gasteiger partial charge in [0.25, 0.3) is 0 Å².